The van der Waals surface area contributed by atoms with Gasteiger partial charge in [-0.2, -0.15) is 0 Å². The third kappa shape index (κ3) is 3.02. The van der Waals surface area contributed by atoms with Crippen LogP contribution in [0.15, 0.2) is 28.8 Å². The van der Waals surface area contributed by atoms with Crippen LogP contribution in [0.2, 0.25) is 0 Å². The number of hydrogen-bond acceptors (Lipinski definition) is 3. The maximum atomic E-state index is 12.1. The zero-order valence-corrected chi connectivity index (χ0v) is 11.7. The molecule has 1 atom stereocenters. The molecule has 2 rings (SSSR count). The fraction of sp³-hybridized carbons (Fsp3) is 0.333. The monoisotopic (exact) mass is 258 g/mol. The van der Waals surface area contributed by atoms with Crippen LogP contribution in [0.4, 0.5) is 0 Å². The molecule has 2 aromatic rings. The first-order valence-corrected chi connectivity index (χ1v) is 6.28. The Labute approximate surface area is 112 Å². The summed E-state index contributed by atoms with van der Waals surface area (Å²) in [5.74, 6) is 1.26. The van der Waals surface area contributed by atoms with Crippen LogP contribution in [-0.2, 0) is 0 Å². The molecular formula is C15H18N2O2. The Morgan fingerprint density at radius 1 is 1.32 bits per heavy atom. The van der Waals surface area contributed by atoms with E-state index in [1.807, 2.05) is 32.9 Å². The summed E-state index contributed by atoms with van der Waals surface area (Å²) < 4.78 is 5.37. The highest BCUT2D eigenvalue weighted by molar-refractivity contribution is 5.95. The molecule has 1 amide bonds. The topological polar surface area (TPSA) is 55.1 Å². The lowest BCUT2D eigenvalue weighted by Gasteiger charge is -2.13. The molecule has 4 nitrogen and oxygen atoms in total. The summed E-state index contributed by atoms with van der Waals surface area (Å²) in [5.41, 5.74) is 2.53. The third-order valence-corrected chi connectivity index (χ3v) is 3.07. The fourth-order valence-electron chi connectivity index (χ4n) is 1.95. The minimum absolute atomic E-state index is 0.0878. The van der Waals surface area contributed by atoms with Crippen LogP contribution in [0.5, 0.6) is 0 Å². The van der Waals surface area contributed by atoms with Crippen molar-refractivity contribution in [2.24, 2.45) is 0 Å². The molecule has 0 saturated carbocycles. The summed E-state index contributed by atoms with van der Waals surface area (Å²) in [6.07, 6.45) is 1.79. The van der Waals surface area contributed by atoms with Gasteiger partial charge in [-0.1, -0.05) is 6.07 Å². The standard InChI is InChI=1S/C15H18N2O2/c1-9-5-6-13(8-16-9)11(3)17-15(18)14-7-10(2)19-12(14)4/h5-8,11H,1-4H3,(H,17,18)/t11-/m0/s1. The summed E-state index contributed by atoms with van der Waals surface area (Å²) in [4.78, 5) is 16.4. The average molecular weight is 258 g/mol. The summed E-state index contributed by atoms with van der Waals surface area (Å²) in [6.45, 7) is 7.49. The normalized spacial score (nSPS) is 12.2. The molecule has 0 fully saturated rings. The third-order valence-electron chi connectivity index (χ3n) is 3.07. The SMILES string of the molecule is Cc1ccc([C@H](C)NC(=O)c2cc(C)oc2C)cn1. The zero-order valence-electron chi connectivity index (χ0n) is 11.7. The number of rotatable bonds is 3. The molecule has 100 valence electrons. The van der Waals surface area contributed by atoms with Gasteiger partial charge in [0.15, 0.2) is 0 Å². The number of carbonyl (C=O) groups is 1. The summed E-state index contributed by atoms with van der Waals surface area (Å²) in [6, 6.07) is 5.58. The van der Waals surface area contributed by atoms with Gasteiger partial charge in [-0.3, -0.25) is 9.78 Å². The van der Waals surface area contributed by atoms with Crippen LogP contribution < -0.4 is 5.32 Å². The molecule has 0 aliphatic carbocycles. The number of nitrogens with zero attached hydrogens (tertiary/aromatic N) is 1. The highest BCUT2D eigenvalue weighted by atomic mass is 16.3. The van der Waals surface area contributed by atoms with E-state index < -0.39 is 0 Å². The van der Waals surface area contributed by atoms with Crippen molar-refractivity contribution >= 4 is 5.91 Å². The van der Waals surface area contributed by atoms with E-state index in [2.05, 4.69) is 10.3 Å². The molecule has 2 heterocycles. The van der Waals surface area contributed by atoms with Crippen molar-refractivity contribution in [3.63, 3.8) is 0 Å². The van der Waals surface area contributed by atoms with E-state index in [0.29, 0.717) is 11.3 Å². The van der Waals surface area contributed by atoms with Crippen molar-refractivity contribution in [2.45, 2.75) is 33.7 Å². The molecule has 0 aliphatic rings. The first kappa shape index (κ1) is 13.3. The van der Waals surface area contributed by atoms with Gasteiger partial charge in [0, 0.05) is 11.9 Å². The Balaban J connectivity index is 2.10. The smallest absolute Gasteiger partial charge is 0.255 e. The first-order valence-electron chi connectivity index (χ1n) is 6.28. The van der Waals surface area contributed by atoms with Crippen molar-refractivity contribution in [2.75, 3.05) is 0 Å². The van der Waals surface area contributed by atoms with Crippen LogP contribution in [0.25, 0.3) is 0 Å². The maximum Gasteiger partial charge on any atom is 0.255 e. The van der Waals surface area contributed by atoms with Gasteiger partial charge in [0.05, 0.1) is 11.6 Å². The Morgan fingerprint density at radius 2 is 2.05 bits per heavy atom. The van der Waals surface area contributed by atoms with Gasteiger partial charge in [-0.05, 0) is 45.4 Å². The predicted octanol–water partition coefficient (Wildman–Crippen LogP) is 3.09. The van der Waals surface area contributed by atoms with Crippen LogP contribution in [0.3, 0.4) is 0 Å². The molecule has 0 unspecified atom stereocenters. The molecular weight excluding hydrogens is 240 g/mol. The average Bonchev–Trinajstić information content (AvgIpc) is 2.69. The van der Waals surface area contributed by atoms with Crippen LogP contribution >= 0.6 is 0 Å². The number of pyridine rings is 1. The lowest BCUT2D eigenvalue weighted by molar-refractivity contribution is 0.0938. The molecule has 0 aliphatic heterocycles. The lowest BCUT2D eigenvalue weighted by atomic mass is 10.1. The Hall–Kier alpha value is -2.10. The number of aryl methyl sites for hydroxylation is 3. The van der Waals surface area contributed by atoms with Crippen molar-refractivity contribution < 1.29 is 9.21 Å². The lowest BCUT2D eigenvalue weighted by Crippen LogP contribution is -2.26. The van der Waals surface area contributed by atoms with E-state index in [-0.39, 0.29) is 11.9 Å². The van der Waals surface area contributed by atoms with Gasteiger partial charge in [0.25, 0.3) is 5.91 Å². The molecule has 0 radical (unpaired) electrons. The summed E-state index contributed by atoms with van der Waals surface area (Å²) >= 11 is 0. The molecule has 1 N–H and O–H groups in total. The van der Waals surface area contributed by atoms with Gasteiger partial charge in [0.2, 0.25) is 0 Å². The second-order valence-electron chi connectivity index (χ2n) is 4.75. The highest BCUT2D eigenvalue weighted by Crippen LogP contribution is 2.16. The Bertz CT molecular complexity index is 585. The molecule has 2 aromatic heterocycles. The van der Waals surface area contributed by atoms with Crippen LogP contribution in [0.1, 0.15) is 46.1 Å². The second-order valence-corrected chi connectivity index (χ2v) is 4.75. The number of hydrogen-bond donors (Lipinski definition) is 1. The number of furan rings is 1. The van der Waals surface area contributed by atoms with Gasteiger partial charge in [-0.25, -0.2) is 0 Å². The van der Waals surface area contributed by atoms with Crippen molar-refractivity contribution in [3.8, 4) is 0 Å². The van der Waals surface area contributed by atoms with E-state index in [9.17, 15) is 4.79 Å². The largest absolute Gasteiger partial charge is 0.466 e. The predicted molar refractivity (Wildman–Crippen MR) is 73.0 cm³/mol. The van der Waals surface area contributed by atoms with E-state index >= 15 is 0 Å². The van der Waals surface area contributed by atoms with Gasteiger partial charge >= 0.3 is 0 Å². The zero-order chi connectivity index (χ0) is 14.0. The summed E-state index contributed by atoms with van der Waals surface area (Å²) in [5, 5.41) is 2.95. The number of amides is 1. The molecule has 0 bridgehead atoms. The molecule has 4 heteroatoms. The maximum absolute atomic E-state index is 12.1. The fourth-order valence-corrected chi connectivity index (χ4v) is 1.95. The van der Waals surface area contributed by atoms with Crippen LogP contribution in [-0.4, -0.2) is 10.9 Å². The summed E-state index contributed by atoms with van der Waals surface area (Å²) in [7, 11) is 0. The van der Waals surface area contributed by atoms with Crippen molar-refractivity contribution in [1.82, 2.24) is 10.3 Å². The Morgan fingerprint density at radius 3 is 2.58 bits per heavy atom. The molecule has 0 spiro atoms. The van der Waals surface area contributed by atoms with E-state index in [4.69, 9.17) is 4.42 Å². The van der Waals surface area contributed by atoms with E-state index in [1.165, 1.54) is 0 Å². The van der Waals surface area contributed by atoms with E-state index in [1.54, 1.807) is 19.2 Å². The van der Waals surface area contributed by atoms with E-state index in [0.717, 1.165) is 17.0 Å². The number of aromatic nitrogens is 1. The van der Waals surface area contributed by atoms with Gasteiger partial charge < -0.3 is 9.73 Å². The Kier molecular flexibility index (Phi) is 3.69. The quantitative estimate of drug-likeness (QED) is 0.920. The number of nitrogens with one attached hydrogen (secondary N) is 1. The van der Waals surface area contributed by atoms with Gasteiger partial charge in [-0.15, -0.1) is 0 Å². The molecule has 19 heavy (non-hydrogen) atoms. The minimum Gasteiger partial charge on any atom is -0.466 e. The second kappa shape index (κ2) is 5.26. The van der Waals surface area contributed by atoms with Crippen LogP contribution in [0, 0.1) is 20.8 Å². The molecule has 0 aromatic carbocycles. The van der Waals surface area contributed by atoms with Gasteiger partial charge in [0.1, 0.15) is 11.5 Å². The minimum atomic E-state index is -0.123. The van der Waals surface area contributed by atoms with Crippen molar-refractivity contribution in [1.29, 1.82) is 0 Å². The van der Waals surface area contributed by atoms with Crippen molar-refractivity contribution in [3.05, 3.63) is 52.7 Å². The first-order chi connectivity index (χ1) is 8.97. The number of carbonyl (C=O) groups excluding carboxylic acids is 1. The molecule has 0 saturated heterocycles. The highest BCUT2D eigenvalue weighted by Gasteiger charge is 2.16.